The zero-order valence-corrected chi connectivity index (χ0v) is 11.6. The molecule has 1 aromatic carbocycles. The van der Waals surface area contributed by atoms with Crippen LogP contribution in [0.4, 0.5) is 0 Å². The number of nitrogens with one attached hydrogen (secondary N) is 1. The van der Waals surface area contributed by atoms with Crippen LogP contribution >= 0.6 is 11.8 Å². The van der Waals surface area contributed by atoms with Gasteiger partial charge in [0.2, 0.25) is 11.1 Å². The van der Waals surface area contributed by atoms with Crippen molar-refractivity contribution in [2.75, 3.05) is 0 Å². The highest BCUT2D eigenvalue weighted by Gasteiger charge is 2.17. The van der Waals surface area contributed by atoms with Crippen molar-refractivity contribution < 1.29 is 4.79 Å². The van der Waals surface area contributed by atoms with Gasteiger partial charge < -0.3 is 5.32 Å². The van der Waals surface area contributed by atoms with Crippen LogP contribution in [0.25, 0.3) is 0 Å². The lowest BCUT2D eigenvalue weighted by Crippen LogP contribution is -2.30. The second kappa shape index (κ2) is 6.33. The van der Waals surface area contributed by atoms with Gasteiger partial charge >= 0.3 is 0 Å². The summed E-state index contributed by atoms with van der Waals surface area (Å²) in [4.78, 5) is 11.9. The first kappa shape index (κ1) is 13.5. The van der Waals surface area contributed by atoms with E-state index in [9.17, 15) is 4.79 Å². The zero-order valence-electron chi connectivity index (χ0n) is 10.8. The van der Waals surface area contributed by atoms with Crippen LogP contribution in [-0.2, 0) is 18.4 Å². The molecular weight excluding hydrogens is 262 g/mol. The van der Waals surface area contributed by atoms with Crippen molar-refractivity contribution in [3.8, 4) is 0 Å². The van der Waals surface area contributed by atoms with E-state index in [1.165, 1.54) is 11.8 Å². The second-order valence-corrected chi connectivity index (χ2v) is 5.36. The lowest BCUT2D eigenvalue weighted by molar-refractivity contribution is -0.120. The molecule has 19 heavy (non-hydrogen) atoms. The number of nitrogens with zero attached hydrogens (tertiary/aromatic N) is 4. The van der Waals surface area contributed by atoms with Gasteiger partial charge in [-0.1, -0.05) is 42.1 Å². The van der Waals surface area contributed by atoms with Gasteiger partial charge in [-0.15, -0.1) is 5.10 Å². The van der Waals surface area contributed by atoms with Gasteiger partial charge in [-0.2, -0.15) is 0 Å². The van der Waals surface area contributed by atoms with Gasteiger partial charge in [0, 0.05) is 13.6 Å². The number of carbonyl (C=O) groups is 1. The molecule has 0 aliphatic carbocycles. The van der Waals surface area contributed by atoms with Crippen molar-refractivity contribution in [3.05, 3.63) is 35.9 Å². The summed E-state index contributed by atoms with van der Waals surface area (Å²) < 4.78 is 1.55. The molecule has 0 saturated carbocycles. The molecule has 100 valence electrons. The fourth-order valence-corrected chi connectivity index (χ4v) is 2.24. The van der Waals surface area contributed by atoms with E-state index in [4.69, 9.17) is 0 Å². The van der Waals surface area contributed by atoms with Gasteiger partial charge in [-0.3, -0.25) is 4.79 Å². The second-order valence-electron chi connectivity index (χ2n) is 4.05. The molecule has 0 saturated heterocycles. The Morgan fingerprint density at radius 3 is 2.79 bits per heavy atom. The number of hydrogen-bond acceptors (Lipinski definition) is 5. The quantitative estimate of drug-likeness (QED) is 0.826. The van der Waals surface area contributed by atoms with Crippen molar-refractivity contribution in [1.82, 2.24) is 25.5 Å². The van der Waals surface area contributed by atoms with Crippen LogP contribution in [0.5, 0.6) is 0 Å². The molecule has 2 rings (SSSR count). The van der Waals surface area contributed by atoms with Crippen molar-refractivity contribution >= 4 is 17.7 Å². The highest BCUT2D eigenvalue weighted by molar-refractivity contribution is 8.00. The zero-order chi connectivity index (χ0) is 13.7. The average Bonchev–Trinajstić information content (AvgIpc) is 2.82. The summed E-state index contributed by atoms with van der Waals surface area (Å²) in [5.41, 5.74) is 1.08. The molecular formula is C12H15N5OS. The van der Waals surface area contributed by atoms with Gasteiger partial charge in [-0.25, -0.2) is 4.68 Å². The van der Waals surface area contributed by atoms with E-state index in [1.807, 2.05) is 37.3 Å². The number of aromatic nitrogens is 4. The molecule has 0 aliphatic heterocycles. The standard InChI is InChI=1S/C12H15N5OS/c1-9(19-12-14-15-16-17(12)2)11(18)13-8-10-6-4-3-5-7-10/h3-7,9H,8H2,1-2H3,(H,13,18). The first-order valence-electron chi connectivity index (χ1n) is 5.87. The minimum Gasteiger partial charge on any atom is -0.351 e. The number of tetrazole rings is 1. The van der Waals surface area contributed by atoms with E-state index in [-0.39, 0.29) is 11.2 Å². The number of benzene rings is 1. The Balaban J connectivity index is 1.84. The van der Waals surface area contributed by atoms with E-state index in [2.05, 4.69) is 20.8 Å². The van der Waals surface area contributed by atoms with Crippen LogP contribution in [0, 0.1) is 0 Å². The van der Waals surface area contributed by atoms with Crippen LogP contribution in [0.2, 0.25) is 0 Å². The number of rotatable bonds is 5. The summed E-state index contributed by atoms with van der Waals surface area (Å²) in [7, 11) is 1.75. The predicted octanol–water partition coefficient (Wildman–Crippen LogP) is 1.01. The minimum atomic E-state index is -0.242. The normalized spacial score (nSPS) is 12.1. The van der Waals surface area contributed by atoms with Crippen LogP contribution in [0.1, 0.15) is 12.5 Å². The third kappa shape index (κ3) is 3.78. The Labute approximate surface area is 115 Å². The minimum absolute atomic E-state index is 0.0307. The molecule has 0 radical (unpaired) electrons. The molecule has 1 heterocycles. The molecule has 1 unspecified atom stereocenters. The summed E-state index contributed by atoms with van der Waals surface area (Å²) in [6.45, 7) is 2.36. The van der Waals surface area contributed by atoms with Gasteiger partial charge in [0.25, 0.3) is 0 Å². The molecule has 7 heteroatoms. The van der Waals surface area contributed by atoms with Gasteiger partial charge in [0.1, 0.15) is 0 Å². The molecule has 0 fully saturated rings. The number of hydrogen-bond donors (Lipinski definition) is 1. The van der Waals surface area contributed by atoms with Crippen molar-refractivity contribution in [2.45, 2.75) is 23.9 Å². The van der Waals surface area contributed by atoms with Crippen molar-refractivity contribution in [3.63, 3.8) is 0 Å². The average molecular weight is 277 g/mol. The fraction of sp³-hybridized carbons (Fsp3) is 0.333. The smallest absolute Gasteiger partial charge is 0.233 e. The van der Waals surface area contributed by atoms with Crippen molar-refractivity contribution in [2.24, 2.45) is 7.05 Å². The van der Waals surface area contributed by atoms with Crippen LogP contribution < -0.4 is 5.32 Å². The van der Waals surface area contributed by atoms with Gasteiger partial charge in [0.05, 0.1) is 5.25 Å². The predicted molar refractivity (Wildman–Crippen MR) is 72.4 cm³/mol. The lowest BCUT2D eigenvalue weighted by atomic mass is 10.2. The molecule has 6 nitrogen and oxygen atoms in total. The Hall–Kier alpha value is -1.89. The first-order valence-corrected chi connectivity index (χ1v) is 6.75. The molecule has 1 amide bonds. The number of carbonyl (C=O) groups excluding carboxylic acids is 1. The molecule has 1 atom stereocenters. The van der Waals surface area contributed by atoms with E-state index in [1.54, 1.807) is 11.7 Å². The van der Waals surface area contributed by atoms with Gasteiger partial charge in [0.15, 0.2) is 0 Å². The summed E-state index contributed by atoms with van der Waals surface area (Å²) >= 11 is 1.33. The van der Waals surface area contributed by atoms with E-state index in [0.29, 0.717) is 11.7 Å². The maximum atomic E-state index is 11.9. The summed E-state index contributed by atoms with van der Waals surface area (Å²) in [5, 5.41) is 14.4. The molecule has 0 spiro atoms. The largest absolute Gasteiger partial charge is 0.351 e. The Bertz CT molecular complexity index is 542. The van der Waals surface area contributed by atoms with Crippen LogP contribution in [0.3, 0.4) is 0 Å². The molecule has 0 bridgehead atoms. The highest BCUT2D eigenvalue weighted by atomic mass is 32.2. The monoisotopic (exact) mass is 277 g/mol. The summed E-state index contributed by atoms with van der Waals surface area (Å²) in [5.74, 6) is -0.0307. The maximum absolute atomic E-state index is 11.9. The maximum Gasteiger partial charge on any atom is 0.233 e. The molecule has 2 aromatic rings. The lowest BCUT2D eigenvalue weighted by Gasteiger charge is -2.10. The number of thioether (sulfide) groups is 1. The summed E-state index contributed by atoms with van der Waals surface area (Å²) in [6, 6.07) is 9.80. The Morgan fingerprint density at radius 1 is 1.42 bits per heavy atom. The third-order valence-electron chi connectivity index (χ3n) is 2.54. The molecule has 1 N–H and O–H groups in total. The first-order chi connectivity index (χ1) is 9.16. The Kier molecular flexibility index (Phi) is 4.51. The Morgan fingerprint density at radius 2 is 2.16 bits per heavy atom. The SMILES string of the molecule is CC(Sc1nnnn1C)C(=O)NCc1ccccc1. The van der Waals surface area contributed by atoms with Crippen molar-refractivity contribution in [1.29, 1.82) is 0 Å². The third-order valence-corrected chi connectivity index (χ3v) is 3.67. The van der Waals surface area contributed by atoms with Crippen LogP contribution in [-0.4, -0.2) is 31.4 Å². The van der Waals surface area contributed by atoms with E-state index >= 15 is 0 Å². The van der Waals surface area contributed by atoms with E-state index in [0.717, 1.165) is 5.56 Å². The highest BCUT2D eigenvalue weighted by Crippen LogP contribution is 2.19. The van der Waals surface area contributed by atoms with Crippen LogP contribution in [0.15, 0.2) is 35.5 Å². The number of amides is 1. The number of aryl methyl sites for hydroxylation is 1. The summed E-state index contributed by atoms with van der Waals surface area (Å²) in [6.07, 6.45) is 0. The topological polar surface area (TPSA) is 72.7 Å². The fourth-order valence-electron chi connectivity index (χ4n) is 1.46. The van der Waals surface area contributed by atoms with Gasteiger partial charge in [-0.05, 0) is 22.9 Å². The molecule has 0 aliphatic rings. The molecule has 1 aromatic heterocycles. The van der Waals surface area contributed by atoms with E-state index < -0.39 is 0 Å².